The first kappa shape index (κ1) is 9.68. The van der Waals surface area contributed by atoms with Gasteiger partial charge in [-0.25, -0.2) is 4.39 Å². The first-order chi connectivity index (χ1) is 6.22. The molecule has 0 aliphatic rings. The van der Waals surface area contributed by atoms with E-state index in [0.717, 1.165) is 9.58 Å². The number of halogens is 3. The lowest BCUT2D eigenvalue weighted by Crippen LogP contribution is -1.79. The monoisotopic (exact) mass is 326 g/mol. The van der Waals surface area contributed by atoms with Gasteiger partial charge in [-0.05, 0) is 40.8 Å². The lowest BCUT2D eigenvalue weighted by molar-refractivity contribution is 0.633. The van der Waals surface area contributed by atoms with Crippen LogP contribution in [0.15, 0.2) is 18.2 Å². The van der Waals surface area contributed by atoms with Crippen molar-refractivity contribution in [1.29, 1.82) is 0 Å². The van der Waals surface area contributed by atoms with E-state index in [2.05, 4.69) is 0 Å². The van der Waals surface area contributed by atoms with Gasteiger partial charge in [0.2, 0.25) is 0 Å². The summed E-state index contributed by atoms with van der Waals surface area (Å²) in [6.45, 7) is 0. The molecule has 1 aromatic carbocycles. The normalized spacial score (nSPS) is 11.0. The van der Waals surface area contributed by atoms with E-state index in [4.69, 9.17) is 11.6 Å². The van der Waals surface area contributed by atoms with Gasteiger partial charge in [-0.15, -0.1) is 22.9 Å². The third-order valence-electron chi connectivity index (χ3n) is 1.77. The second-order valence-electron chi connectivity index (χ2n) is 2.62. The van der Waals surface area contributed by atoms with E-state index in [0.29, 0.717) is 14.8 Å². The van der Waals surface area contributed by atoms with Crippen LogP contribution in [0.3, 0.4) is 0 Å². The summed E-state index contributed by atoms with van der Waals surface area (Å²) in [4.78, 5) is 1.01. The molecule has 0 radical (unpaired) electrons. The molecule has 0 aliphatic heterocycles. The quantitative estimate of drug-likeness (QED) is 0.539. The van der Waals surface area contributed by atoms with Gasteiger partial charge in [-0.2, -0.15) is 0 Å². The first-order valence-electron chi connectivity index (χ1n) is 3.65. The molecule has 0 amide bonds. The summed E-state index contributed by atoms with van der Waals surface area (Å²) < 4.78 is 15.1. The Morgan fingerprint density at radius 1 is 1.46 bits per heavy atom. The lowest BCUT2D eigenvalue weighted by atomic mass is 10.2. The number of fused-ring (bicyclic) bond motifs is 1. The highest BCUT2D eigenvalue weighted by Crippen LogP contribution is 2.30. The number of alkyl halides is 1. The van der Waals surface area contributed by atoms with Crippen LogP contribution in [0.5, 0.6) is 0 Å². The maximum atomic E-state index is 13.5. The molecule has 0 fully saturated rings. The number of benzene rings is 1. The maximum absolute atomic E-state index is 13.5. The van der Waals surface area contributed by atoms with Crippen molar-refractivity contribution in [3.8, 4) is 0 Å². The smallest absolute Gasteiger partial charge is 0.145 e. The van der Waals surface area contributed by atoms with Crippen molar-refractivity contribution in [2.75, 3.05) is 0 Å². The SMILES string of the molecule is Fc1c(I)ccc2sc(CCl)cc12. The fourth-order valence-electron chi connectivity index (χ4n) is 1.17. The van der Waals surface area contributed by atoms with Crippen molar-refractivity contribution in [2.24, 2.45) is 0 Å². The van der Waals surface area contributed by atoms with Gasteiger partial charge in [0.1, 0.15) is 5.82 Å². The average Bonchev–Trinajstić information content (AvgIpc) is 2.55. The second kappa shape index (κ2) is 3.71. The molecule has 1 aromatic heterocycles. The molecule has 2 rings (SSSR count). The van der Waals surface area contributed by atoms with Crippen LogP contribution in [0.1, 0.15) is 4.88 Å². The summed E-state index contributed by atoms with van der Waals surface area (Å²) in [6.07, 6.45) is 0. The Hall–Kier alpha value is 0.130. The lowest BCUT2D eigenvalue weighted by Gasteiger charge is -1.93. The van der Waals surface area contributed by atoms with Crippen molar-refractivity contribution < 1.29 is 4.39 Å². The van der Waals surface area contributed by atoms with E-state index in [1.165, 1.54) is 0 Å². The van der Waals surface area contributed by atoms with E-state index in [1.807, 2.05) is 34.7 Å². The molecule has 0 N–H and O–H groups in total. The van der Waals surface area contributed by atoms with E-state index in [1.54, 1.807) is 17.4 Å². The molecule has 0 nitrogen and oxygen atoms in total. The van der Waals surface area contributed by atoms with Gasteiger partial charge in [0, 0.05) is 18.5 Å². The Labute approximate surface area is 97.8 Å². The molecular formula is C9H5ClFIS. The Kier molecular flexibility index (Phi) is 2.76. The van der Waals surface area contributed by atoms with Gasteiger partial charge in [0.25, 0.3) is 0 Å². The molecule has 13 heavy (non-hydrogen) atoms. The van der Waals surface area contributed by atoms with Crippen LogP contribution in [0.4, 0.5) is 4.39 Å². The van der Waals surface area contributed by atoms with E-state index in [-0.39, 0.29) is 5.82 Å². The number of hydrogen-bond donors (Lipinski definition) is 0. The van der Waals surface area contributed by atoms with Gasteiger partial charge in [0.05, 0.1) is 5.88 Å². The van der Waals surface area contributed by atoms with Crippen molar-refractivity contribution in [2.45, 2.75) is 5.88 Å². The van der Waals surface area contributed by atoms with Crippen LogP contribution in [0.2, 0.25) is 0 Å². The Balaban J connectivity index is 2.76. The molecule has 0 unspecified atom stereocenters. The van der Waals surface area contributed by atoms with Crippen molar-refractivity contribution in [3.05, 3.63) is 32.5 Å². The van der Waals surface area contributed by atoms with Crippen LogP contribution in [-0.2, 0) is 5.88 Å². The zero-order chi connectivity index (χ0) is 9.42. The maximum Gasteiger partial charge on any atom is 0.145 e. The molecule has 0 atom stereocenters. The van der Waals surface area contributed by atoms with Crippen LogP contribution in [0.25, 0.3) is 10.1 Å². The molecular weight excluding hydrogens is 322 g/mol. The molecule has 0 bridgehead atoms. The molecule has 68 valence electrons. The Bertz CT molecular complexity index is 452. The average molecular weight is 327 g/mol. The first-order valence-corrected chi connectivity index (χ1v) is 6.07. The zero-order valence-electron chi connectivity index (χ0n) is 6.48. The predicted molar refractivity (Wildman–Crippen MR) is 64.1 cm³/mol. The van der Waals surface area contributed by atoms with Gasteiger partial charge >= 0.3 is 0 Å². The largest absolute Gasteiger partial charge is 0.205 e. The highest BCUT2D eigenvalue weighted by Gasteiger charge is 2.08. The predicted octanol–water partition coefficient (Wildman–Crippen LogP) is 4.38. The molecule has 0 spiro atoms. The van der Waals surface area contributed by atoms with Crippen LogP contribution in [-0.4, -0.2) is 0 Å². The van der Waals surface area contributed by atoms with Crippen molar-refractivity contribution >= 4 is 55.6 Å². The minimum Gasteiger partial charge on any atom is -0.205 e. The number of thiophene rings is 1. The topological polar surface area (TPSA) is 0 Å². The summed E-state index contributed by atoms with van der Waals surface area (Å²) in [6, 6.07) is 5.54. The minimum atomic E-state index is -0.134. The van der Waals surface area contributed by atoms with Gasteiger partial charge < -0.3 is 0 Å². The molecule has 0 aliphatic carbocycles. The summed E-state index contributed by atoms with van der Waals surface area (Å²) in [5, 5.41) is 0.688. The molecule has 0 saturated carbocycles. The van der Waals surface area contributed by atoms with Crippen LogP contribution < -0.4 is 0 Å². The van der Waals surface area contributed by atoms with Crippen LogP contribution >= 0.6 is 45.5 Å². The third kappa shape index (κ3) is 1.69. The summed E-state index contributed by atoms with van der Waals surface area (Å²) >= 11 is 9.21. The standard InChI is InChI=1S/C9H5ClFIS/c10-4-5-3-6-8(13-5)2-1-7(12)9(6)11/h1-3H,4H2. The second-order valence-corrected chi connectivity index (χ2v) is 5.22. The van der Waals surface area contributed by atoms with Gasteiger partial charge in [-0.3, -0.25) is 0 Å². The number of hydrogen-bond acceptors (Lipinski definition) is 1. The van der Waals surface area contributed by atoms with Crippen molar-refractivity contribution in [1.82, 2.24) is 0 Å². The summed E-state index contributed by atoms with van der Waals surface area (Å²) in [5.74, 6) is 0.320. The summed E-state index contributed by atoms with van der Waals surface area (Å²) in [7, 11) is 0. The molecule has 0 saturated heterocycles. The third-order valence-corrected chi connectivity index (χ3v) is 4.15. The van der Waals surface area contributed by atoms with E-state index < -0.39 is 0 Å². The highest BCUT2D eigenvalue weighted by atomic mass is 127. The highest BCUT2D eigenvalue weighted by molar-refractivity contribution is 14.1. The van der Waals surface area contributed by atoms with Crippen molar-refractivity contribution in [3.63, 3.8) is 0 Å². The fraction of sp³-hybridized carbons (Fsp3) is 0.111. The Morgan fingerprint density at radius 2 is 2.23 bits per heavy atom. The van der Waals surface area contributed by atoms with E-state index in [9.17, 15) is 4.39 Å². The van der Waals surface area contributed by atoms with Crippen LogP contribution in [0, 0.1) is 9.39 Å². The van der Waals surface area contributed by atoms with Gasteiger partial charge in [0.15, 0.2) is 0 Å². The molecule has 1 heterocycles. The summed E-state index contributed by atoms with van der Waals surface area (Å²) in [5.41, 5.74) is 0. The fourth-order valence-corrected chi connectivity index (χ4v) is 2.79. The minimum absolute atomic E-state index is 0.134. The Morgan fingerprint density at radius 3 is 2.92 bits per heavy atom. The molecule has 4 heteroatoms. The number of rotatable bonds is 1. The van der Waals surface area contributed by atoms with Gasteiger partial charge in [-0.1, -0.05) is 0 Å². The molecule has 2 aromatic rings. The zero-order valence-corrected chi connectivity index (χ0v) is 10.2. The van der Waals surface area contributed by atoms with E-state index >= 15 is 0 Å².